The maximum atomic E-state index is 9.65. The molecule has 7 nitrogen and oxygen atoms in total. The van der Waals surface area contributed by atoms with Crippen LogP contribution in [0.15, 0.2) is 24.5 Å². The Morgan fingerprint density at radius 3 is 2.66 bits per heavy atom. The van der Waals surface area contributed by atoms with Gasteiger partial charge in [-0.15, -0.1) is 0 Å². The molecule has 0 radical (unpaired) electrons. The van der Waals surface area contributed by atoms with Gasteiger partial charge in [0.25, 0.3) is 0 Å². The molecule has 0 aliphatic carbocycles. The van der Waals surface area contributed by atoms with E-state index in [9.17, 15) is 5.11 Å². The summed E-state index contributed by atoms with van der Waals surface area (Å²) in [6.07, 6.45) is 2.37. The van der Waals surface area contributed by atoms with Crippen LogP contribution in [0.3, 0.4) is 0 Å². The van der Waals surface area contributed by atoms with Gasteiger partial charge in [0.15, 0.2) is 0 Å². The van der Waals surface area contributed by atoms with Crippen molar-refractivity contribution in [3.8, 4) is 5.75 Å². The Bertz CT molecular complexity index is 827. The highest BCUT2D eigenvalue weighted by Gasteiger charge is 2.28. The Labute approximate surface area is 173 Å². The van der Waals surface area contributed by atoms with E-state index >= 15 is 0 Å². The van der Waals surface area contributed by atoms with Gasteiger partial charge in [0.2, 0.25) is 0 Å². The molecule has 1 aromatic heterocycles. The van der Waals surface area contributed by atoms with Crippen LogP contribution in [0.5, 0.6) is 5.75 Å². The number of ether oxygens (including phenoxy) is 1. The lowest BCUT2D eigenvalue weighted by molar-refractivity contribution is 0.135. The minimum absolute atomic E-state index is 0.183. The van der Waals surface area contributed by atoms with Gasteiger partial charge in [0.1, 0.15) is 23.7 Å². The Hall–Kier alpha value is -2.38. The summed E-state index contributed by atoms with van der Waals surface area (Å²) in [6.45, 7) is 8.01. The second-order valence-electron chi connectivity index (χ2n) is 7.89. The Kier molecular flexibility index (Phi) is 6.92. The van der Waals surface area contributed by atoms with Crippen LogP contribution in [0.25, 0.3) is 0 Å². The largest absolute Gasteiger partial charge is 0.496 e. The molecule has 158 valence electrons. The molecule has 1 atom stereocenters. The minimum Gasteiger partial charge on any atom is -0.496 e. The van der Waals surface area contributed by atoms with Crippen molar-refractivity contribution in [2.24, 2.45) is 0 Å². The van der Waals surface area contributed by atoms with Gasteiger partial charge in [-0.2, -0.15) is 0 Å². The summed E-state index contributed by atoms with van der Waals surface area (Å²) in [5.41, 5.74) is 3.79. The van der Waals surface area contributed by atoms with E-state index in [1.54, 1.807) is 13.4 Å². The number of rotatable bonds is 7. The lowest BCUT2D eigenvalue weighted by Crippen LogP contribution is -2.53. The molecule has 1 aliphatic heterocycles. The van der Waals surface area contributed by atoms with E-state index in [1.807, 2.05) is 25.1 Å². The summed E-state index contributed by atoms with van der Waals surface area (Å²) < 4.78 is 5.45. The van der Waals surface area contributed by atoms with Gasteiger partial charge in [-0.3, -0.25) is 4.90 Å². The summed E-state index contributed by atoms with van der Waals surface area (Å²) in [7, 11) is 5.68. The first-order valence-electron chi connectivity index (χ1n) is 10.2. The molecule has 1 saturated heterocycles. The maximum absolute atomic E-state index is 9.65. The minimum atomic E-state index is 0.183. The zero-order valence-electron chi connectivity index (χ0n) is 18.2. The van der Waals surface area contributed by atoms with Gasteiger partial charge in [-0.1, -0.05) is 6.07 Å². The van der Waals surface area contributed by atoms with E-state index in [2.05, 4.69) is 45.7 Å². The van der Waals surface area contributed by atoms with E-state index in [0.717, 1.165) is 50.0 Å². The van der Waals surface area contributed by atoms with Gasteiger partial charge in [0.05, 0.1) is 7.11 Å². The molecule has 2 heterocycles. The number of hydrogen-bond acceptors (Lipinski definition) is 7. The fraction of sp³-hybridized carbons (Fsp3) is 0.545. The number of methoxy groups -OCH3 is 1. The molecule has 29 heavy (non-hydrogen) atoms. The summed E-state index contributed by atoms with van der Waals surface area (Å²) in [5.74, 6) is 2.78. The predicted molar refractivity (Wildman–Crippen MR) is 117 cm³/mol. The van der Waals surface area contributed by atoms with Gasteiger partial charge in [-0.05, 0) is 43.0 Å². The molecule has 0 saturated carbocycles. The summed E-state index contributed by atoms with van der Waals surface area (Å²) in [6, 6.07) is 6.52. The molecule has 1 aliphatic rings. The fourth-order valence-electron chi connectivity index (χ4n) is 3.95. The fourth-order valence-corrected chi connectivity index (χ4v) is 3.95. The number of aromatic nitrogens is 2. The van der Waals surface area contributed by atoms with Gasteiger partial charge < -0.3 is 19.6 Å². The van der Waals surface area contributed by atoms with Crippen LogP contribution in [-0.2, 0) is 6.54 Å². The van der Waals surface area contributed by atoms with Crippen molar-refractivity contribution in [2.75, 3.05) is 57.2 Å². The van der Waals surface area contributed by atoms with Crippen LogP contribution in [0.2, 0.25) is 0 Å². The molecule has 0 bridgehead atoms. The topological polar surface area (TPSA) is 65.0 Å². The van der Waals surface area contributed by atoms with E-state index in [-0.39, 0.29) is 12.6 Å². The number of benzene rings is 1. The van der Waals surface area contributed by atoms with Crippen LogP contribution < -0.4 is 14.5 Å². The molecule has 0 amide bonds. The maximum Gasteiger partial charge on any atom is 0.134 e. The monoisotopic (exact) mass is 399 g/mol. The van der Waals surface area contributed by atoms with Crippen LogP contribution in [-0.4, -0.2) is 73.5 Å². The number of nitrogens with zero attached hydrogens (tertiary/aromatic N) is 5. The zero-order valence-corrected chi connectivity index (χ0v) is 18.2. The molecule has 1 N–H and O–H groups in total. The Morgan fingerprint density at radius 2 is 1.97 bits per heavy atom. The first-order valence-corrected chi connectivity index (χ1v) is 10.2. The van der Waals surface area contributed by atoms with Crippen molar-refractivity contribution < 1.29 is 9.84 Å². The average Bonchev–Trinajstić information content (AvgIpc) is 2.73. The molecule has 1 aromatic carbocycles. The van der Waals surface area contributed by atoms with Crippen molar-refractivity contribution in [3.63, 3.8) is 0 Å². The van der Waals surface area contributed by atoms with E-state index in [4.69, 9.17) is 4.74 Å². The third-order valence-corrected chi connectivity index (χ3v) is 5.93. The number of hydrogen-bond donors (Lipinski definition) is 1. The van der Waals surface area contributed by atoms with Gasteiger partial charge in [-0.25, -0.2) is 9.97 Å². The highest BCUT2D eigenvalue weighted by Crippen LogP contribution is 2.27. The van der Waals surface area contributed by atoms with Gasteiger partial charge in [0, 0.05) is 59.0 Å². The summed E-state index contributed by atoms with van der Waals surface area (Å²) >= 11 is 0. The number of anilines is 2. The smallest absolute Gasteiger partial charge is 0.134 e. The molecule has 0 unspecified atom stereocenters. The summed E-state index contributed by atoms with van der Waals surface area (Å²) in [4.78, 5) is 15.6. The van der Waals surface area contributed by atoms with Crippen LogP contribution >= 0.6 is 0 Å². The lowest BCUT2D eigenvalue weighted by atomic mass is 10.00. The van der Waals surface area contributed by atoms with Crippen molar-refractivity contribution in [1.29, 1.82) is 0 Å². The lowest BCUT2D eigenvalue weighted by Gasteiger charge is -2.42. The molecule has 0 spiro atoms. The number of aliphatic hydroxyl groups is 1. The van der Waals surface area contributed by atoms with Crippen molar-refractivity contribution >= 4 is 11.6 Å². The normalized spacial score (nSPS) is 17.4. The summed E-state index contributed by atoms with van der Waals surface area (Å²) in [5, 5.41) is 9.65. The first-order chi connectivity index (χ1) is 13.9. The van der Waals surface area contributed by atoms with Crippen molar-refractivity contribution in [1.82, 2.24) is 14.9 Å². The van der Waals surface area contributed by atoms with E-state index in [1.165, 1.54) is 16.7 Å². The first kappa shape index (κ1) is 21.3. The highest BCUT2D eigenvalue weighted by atomic mass is 16.5. The number of aliphatic hydroxyl groups excluding tert-OH is 1. The molecular formula is C22H33N5O2. The third-order valence-electron chi connectivity index (χ3n) is 5.93. The Balaban J connectivity index is 1.76. The standard InChI is InChI=1S/C22H33N5O2/c1-16-17(2)20(29-5)7-6-18(16)13-26-9-10-27(14-19(26)8-11-28)22-12-21(25(3)4)23-15-24-22/h6-7,12,15,19,28H,8-11,13-14H2,1-5H3/t19-/m1/s1. The van der Waals surface area contributed by atoms with E-state index in [0.29, 0.717) is 0 Å². The zero-order chi connectivity index (χ0) is 21.0. The molecule has 7 heteroatoms. The molecular weight excluding hydrogens is 366 g/mol. The molecule has 1 fully saturated rings. The molecule has 2 aromatic rings. The van der Waals surface area contributed by atoms with Crippen molar-refractivity contribution in [2.45, 2.75) is 32.9 Å². The number of piperazine rings is 1. The molecule has 3 rings (SSSR count). The van der Waals surface area contributed by atoms with E-state index < -0.39 is 0 Å². The van der Waals surface area contributed by atoms with Crippen molar-refractivity contribution in [3.05, 3.63) is 41.2 Å². The average molecular weight is 400 g/mol. The van der Waals surface area contributed by atoms with Gasteiger partial charge >= 0.3 is 0 Å². The van der Waals surface area contributed by atoms with Crippen LogP contribution in [0, 0.1) is 13.8 Å². The SMILES string of the molecule is COc1ccc(CN2CCN(c3cc(N(C)C)ncn3)C[C@H]2CCO)c(C)c1C. The quantitative estimate of drug-likeness (QED) is 0.766. The van der Waals surface area contributed by atoms with Crippen LogP contribution in [0.1, 0.15) is 23.1 Å². The van der Waals surface area contributed by atoms with Crippen LogP contribution in [0.4, 0.5) is 11.6 Å². The Morgan fingerprint density at radius 1 is 1.17 bits per heavy atom. The predicted octanol–water partition coefficient (Wildman–Crippen LogP) is 2.24. The highest BCUT2D eigenvalue weighted by molar-refractivity contribution is 5.50. The third kappa shape index (κ3) is 4.79. The second kappa shape index (κ2) is 9.41. The second-order valence-corrected chi connectivity index (χ2v) is 7.89.